The van der Waals surface area contributed by atoms with Crippen molar-refractivity contribution >= 4 is 11.4 Å². The molecule has 0 saturated heterocycles. The molecular formula is C12H19N3O3. The Morgan fingerprint density at radius 1 is 1.44 bits per heavy atom. The number of nitro benzene ring substituents is 1. The Morgan fingerprint density at radius 3 is 2.61 bits per heavy atom. The highest BCUT2D eigenvalue weighted by molar-refractivity contribution is 5.56. The highest BCUT2D eigenvalue weighted by Crippen LogP contribution is 2.26. The van der Waals surface area contributed by atoms with Crippen molar-refractivity contribution in [1.29, 1.82) is 0 Å². The summed E-state index contributed by atoms with van der Waals surface area (Å²) in [5, 5.41) is 13.9. The maximum Gasteiger partial charge on any atom is 0.275 e. The molecule has 0 fully saturated rings. The Bertz CT molecular complexity index is 427. The Hall–Kier alpha value is -1.82. The van der Waals surface area contributed by atoms with Gasteiger partial charge in [-0.3, -0.25) is 10.1 Å². The molecule has 0 radical (unpaired) electrons. The summed E-state index contributed by atoms with van der Waals surface area (Å²) in [7, 11) is 0. The van der Waals surface area contributed by atoms with Crippen LogP contribution in [0, 0.1) is 10.1 Å². The average Bonchev–Trinajstić information content (AvgIpc) is 2.25. The first-order valence-electron chi connectivity index (χ1n) is 5.77. The second-order valence-electron chi connectivity index (χ2n) is 4.75. The number of rotatable bonds is 6. The van der Waals surface area contributed by atoms with E-state index in [0.29, 0.717) is 24.6 Å². The molecule has 3 N–H and O–H groups in total. The molecule has 0 amide bonds. The molecule has 0 aromatic heterocycles. The third-order valence-electron chi connectivity index (χ3n) is 2.16. The number of anilines is 1. The number of non-ortho nitro benzene ring substituents is 1. The first kappa shape index (κ1) is 14.2. The zero-order valence-corrected chi connectivity index (χ0v) is 10.9. The topological polar surface area (TPSA) is 90.4 Å². The fourth-order valence-corrected chi connectivity index (χ4v) is 1.37. The Labute approximate surface area is 106 Å². The van der Waals surface area contributed by atoms with Crippen LogP contribution in [0.3, 0.4) is 0 Å². The minimum absolute atomic E-state index is 0.00159. The van der Waals surface area contributed by atoms with Gasteiger partial charge in [0.15, 0.2) is 0 Å². The van der Waals surface area contributed by atoms with Crippen LogP contribution in [0.15, 0.2) is 18.2 Å². The van der Waals surface area contributed by atoms with Crippen LogP contribution in [0.4, 0.5) is 11.4 Å². The van der Waals surface area contributed by atoms with E-state index in [1.165, 1.54) is 12.1 Å². The molecule has 0 aliphatic heterocycles. The lowest BCUT2D eigenvalue weighted by Gasteiger charge is -2.20. The standard InChI is InChI=1S/C12H19N3O3/c1-4-18-11-6-9(14-8-12(2,3)13)5-10(7-11)15(16)17/h5-7,14H,4,8,13H2,1-3H3. The number of benzene rings is 1. The molecule has 0 atom stereocenters. The molecule has 1 rings (SSSR count). The van der Waals surface area contributed by atoms with Crippen LogP contribution in [0.1, 0.15) is 20.8 Å². The molecule has 100 valence electrons. The van der Waals surface area contributed by atoms with Gasteiger partial charge in [0.1, 0.15) is 5.75 Å². The largest absolute Gasteiger partial charge is 0.494 e. The number of ether oxygens (including phenoxy) is 1. The molecule has 0 bridgehead atoms. The summed E-state index contributed by atoms with van der Waals surface area (Å²) in [4.78, 5) is 10.4. The molecule has 0 spiro atoms. The van der Waals surface area contributed by atoms with E-state index in [2.05, 4.69) is 5.32 Å². The predicted molar refractivity (Wildman–Crippen MR) is 71.0 cm³/mol. The Balaban J connectivity index is 2.92. The number of nitrogens with zero attached hydrogens (tertiary/aromatic N) is 1. The highest BCUT2D eigenvalue weighted by Gasteiger charge is 2.13. The van der Waals surface area contributed by atoms with Crippen molar-refractivity contribution in [2.45, 2.75) is 26.3 Å². The fourth-order valence-electron chi connectivity index (χ4n) is 1.37. The van der Waals surface area contributed by atoms with Crippen LogP contribution in [0.5, 0.6) is 5.75 Å². The van der Waals surface area contributed by atoms with E-state index in [1.54, 1.807) is 6.07 Å². The predicted octanol–water partition coefficient (Wildman–Crippen LogP) is 2.14. The number of nitrogens with two attached hydrogens (primary N) is 1. The van der Waals surface area contributed by atoms with E-state index in [4.69, 9.17) is 10.5 Å². The third kappa shape index (κ3) is 4.58. The van der Waals surface area contributed by atoms with Crippen LogP contribution < -0.4 is 15.8 Å². The van der Waals surface area contributed by atoms with Gasteiger partial charge < -0.3 is 15.8 Å². The number of nitro groups is 1. The molecular weight excluding hydrogens is 234 g/mol. The van der Waals surface area contributed by atoms with E-state index < -0.39 is 10.5 Å². The van der Waals surface area contributed by atoms with Crippen molar-refractivity contribution in [2.24, 2.45) is 5.73 Å². The Morgan fingerprint density at radius 2 is 2.11 bits per heavy atom. The fraction of sp³-hybridized carbons (Fsp3) is 0.500. The zero-order valence-electron chi connectivity index (χ0n) is 10.9. The maximum absolute atomic E-state index is 10.8. The van der Waals surface area contributed by atoms with Gasteiger partial charge in [0.2, 0.25) is 0 Å². The summed E-state index contributed by atoms with van der Waals surface area (Å²) in [6.45, 7) is 6.55. The second kappa shape index (κ2) is 5.68. The van der Waals surface area contributed by atoms with Gasteiger partial charge in [-0.15, -0.1) is 0 Å². The van der Waals surface area contributed by atoms with Gasteiger partial charge in [0, 0.05) is 29.9 Å². The van der Waals surface area contributed by atoms with Crippen LogP contribution in [-0.4, -0.2) is 23.6 Å². The molecule has 0 saturated carbocycles. The van der Waals surface area contributed by atoms with Crippen LogP contribution in [0.25, 0.3) is 0 Å². The number of nitrogens with one attached hydrogen (secondary N) is 1. The van der Waals surface area contributed by atoms with Gasteiger partial charge in [-0.1, -0.05) is 0 Å². The maximum atomic E-state index is 10.8. The first-order valence-corrected chi connectivity index (χ1v) is 5.77. The third-order valence-corrected chi connectivity index (χ3v) is 2.16. The van der Waals surface area contributed by atoms with E-state index in [0.717, 1.165) is 0 Å². The van der Waals surface area contributed by atoms with Gasteiger partial charge in [0.05, 0.1) is 17.6 Å². The van der Waals surface area contributed by atoms with E-state index in [1.807, 2.05) is 20.8 Å². The monoisotopic (exact) mass is 253 g/mol. The van der Waals surface area contributed by atoms with Gasteiger partial charge in [-0.05, 0) is 20.8 Å². The molecule has 0 aliphatic rings. The van der Waals surface area contributed by atoms with Gasteiger partial charge >= 0.3 is 0 Å². The van der Waals surface area contributed by atoms with E-state index in [9.17, 15) is 10.1 Å². The van der Waals surface area contributed by atoms with Gasteiger partial charge in [0.25, 0.3) is 5.69 Å². The lowest BCUT2D eigenvalue weighted by atomic mass is 10.1. The lowest BCUT2D eigenvalue weighted by Crippen LogP contribution is -2.39. The normalized spacial score (nSPS) is 11.1. The van der Waals surface area contributed by atoms with E-state index >= 15 is 0 Å². The highest BCUT2D eigenvalue weighted by atomic mass is 16.6. The molecule has 6 nitrogen and oxygen atoms in total. The van der Waals surface area contributed by atoms with Crippen molar-refractivity contribution in [3.63, 3.8) is 0 Å². The van der Waals surface area contributed by atoms with Crippen molar-refractivity contribution in [1.82, 2.24) is 0 Å². The summed E-state index contributed by atoms with van der Waals surface area (Å²) >= 11 is 0. The smallest absolute Gasteiger partial charge is 0.275 e. The molecule has 0 unspecified atom stereocenters. The summed E-state index contributed by atoms with van der Waals surface area (Å²) in [5.41, 5.74) is 6.09. The van der Waals surface area contributed by atoms with Crippen LogP contribution in [-0.2, 0) is 0 Å². The van der Waals surface area contributed by atoms with Crippen molar-refractivity contribution in [3.05, 3.63) is 28.3 Å². The van der Waals surface area contributed by atoms with Gasteiger partial charge in [-0.25, -0.2) is 0 Å². The number of hydrogen-bond donors (Lipinski definition) is 2. The quantitative estimate of drug-likeness (QED) is 0.598. The van der Waals surface area contributed by atoms with Crippen molar-refractivity contribution < 1.29 is 9.66 Å². The minimum Gasteiger partial charge on any atom is -0.494 e. The summed E-state index contributed by atoms with van der Waals surface area (Å²) < 4.78 is 5.29. The number of hydrogen-bond acceptors (Lipinski definition) is 5. The second-order valence-corrected chi connectivity index (χ2v) is 4.75. The van der Waals surface area contributed by atoms with Crippen molar-refractivity contribution in [2.75, 3.05) is 18.5 Å². The van der Waals surface area contributed by atoms with Crippen LogP contribution >= 0.6 is 0 Å². The molecule has 1 aromatic carbocycles. The summed E-state index contributed by atoms with van der Waals surface area (Å²) in [6, 6.07) is 4.60. The molecule has 18 heavy (non-hydrogen) atoms. The first-order chi connectivity index (χ1) is 8.31. The van der Waals surface area contributed by atoms with E-state index in [-0.39, 0.29) is 5.69 Å². The lowest BCUT2D eigenvalue weighted by molar-refractivity contribution is -0.384. The Kier molecular flexibility index (Phi) is 4.49. The summed E-state index contributed by atoms with van der Waals surface area (Å²) in [6.07, 6.45) is 0. The molecule has 0 aliphatic carbocycles. The molecule has 0 heterocycles. The van der Waals surface area contributed by atoms with Crippen molar-refractivity contribution in [3.8, 4) is 5.75 Å². The molecule has 1 aromatic rings. The zero-order chi connectivity index (χ0) is 13.8. The minimum atomic E-state index is -0.443. The average molecular weight is 253 g/mol. The van der Waals surface area contributed by atoms with Gasteiger partial charge in [-0.2, -0.15) is 0 Å². The molecule has 6 heteroatoms. The summed E-state index contributed by atoms with van der Waals surface area (Å²) in [5.74, 6) is 0.476. The van der Waals surface area contributed by atoms with Crippen LogP contribution in [0.2, 0.25) is 0 Å². The SMILES string of the molecule is CCOc1cc(NCC(C)(C)N)cc([N+](=O)[O-])c1.